The Morgan fingerprint density at radius 3 is 3.00 bits per heavy atom. The molecule has 3 heteroatoms. The molecular weight excluding hydrogens is 152 g/mol. The molecule has 0 aromatic carbocycles. The number of nitrogens with zero attached hydrogens (tertiary/aromatic N) is 2. The maximum atomic E-state index is 9.50. The second-order valence-electron chi connectivity index (χ2n) is 2.51. The number of aliphatic hydroxyl groups is 1. The van der Waals surface area contributed by atoms with Gasteiger partial charge >= 0.3 is 0 Å². The van der Waals surface area contributed by atoms with E-state index in [1.807, 2.05) is 0 Å². The highest BCUT2D eigenvalue weighted by Crippen LogP contribution is 2.14. The van der Waals surface area contributed by atoms with Gasteiger partial charge in [0.2, 0.25) is 0 Å². The summed E-state index contributed by atoms with van der Waals surface area (Å²) in [6.07, 6.45) is 7.44. The molecule has 64 valence electrons. The van der Waals surface area contributed by atoms with Crippen molar-refractivity contribution in [2.24, 2.45) is 0 Å². The third-order valence-electron chi connectivity index (χ3n) is 1.57. The van der Waals surface area contributed by atoms with Crippen LogP contribution in [0.3, 0.4) is 0 Å². The van der Waals surface area contributed by atoms with Crippen LogP contribution in [0, 0.1) is 0 Å². The predicted molar refractivity (Wildman–Crippen MR) is 46.4 cm³/mol. The van der Waals surface area contributed by atoms with Crippen molar-refractivity contribution in [3.63, 3.8) is 0 Å². The minimum atomic E-state index is -0.517. The van der Waals surface area contributed by atoms with Gasteiger partial charge in [-0.25, -0.2) is 0 Å². The van der Waals surface area contributed by atoms with Crippen LogP contribution in [-0.4, -0.2) is 15.1 Å². The van der Waals surface area contributed by atoms with Gasteiger partial charge in [0.1, 0.15) is 0 Å². The molecule has 0 saturated carbocycles. The minimum absolute atomic E-state index is 0.517. The Balaban J connectivity index is 2.53. The first kappa shape index (κ1) is 8.87. The van der Waals surface area contributed by atoms with Gasteiger partial charge in [-0.05, 0) is 12.8 Å². The van der Waals surface area contributed by atoms with E-state index >= 15 is 0 Å². The number of aliphatic hydroxyl groups excluding tert-OH is 1. The number of hydrogen-bond acceptors (Lipinski definition) is 3. The number of allylic oxidation sites excluding steroid dienone is 1. The summed E-state index contributed by atoms with van der Waals surface area (Å²) in [5.41, 5.74) is 0.624. The lowest BCUT2D eigenvalue weighted by molar-refractivity contribution is 0.163. The quantitative estimate of drug-likeness (QED) is 0.685. The summed E-state index contributed by atoms with van der Waals surface area (Å²) in [4.78, 5) is 7.85. The normalized spacial score (nSPS) is 12.4. The Kier molecular flexibility index (Phi) is 3.41. The van der Waals surface area contributed by atoms with E-state index in [2.05, 4.69) is 16.5 Å². The lowest BCUT2D eigenvalue weighted by Gasteiger charge is -2.06. The van der Waals surface area contributed by atoms with E-state index < -0.39 is 6.10 Å². The summed E-state index contributed by atoms with van der Waals surface area (Å²) < 4.78 is 0. The molecule has 1 aromatic heterocycles. The van der Waals surface area contributed by atoms with E-state index in [0.29, 0.717) is 12.1 Å². The number of rotatable bonds is 4. The van der Waals surface area contributed by atoms with Gasteiger partial charge in [-0.2, -0.15) is 0 Å². The van der Waals surface area contributed by atoms with Crippen LogP contribution in [0.1, 0.15) is 24.6 Å². The zero-order valence-corrected chi connectivity index (χ0v) is 6.85. The third-order valence-corrected chi connectivity index (χ3v) is 1.57. The lowest BCUT2D eigenvalue weighted by atomic mass is 10.1. The maximum absolute atomic E-state index is 9.50. The average Bonchev–Trinajstić information content (AvgIpc) is 2.15. The molecule has 1 unspecified atom stereocenters. The van der Waals surface area contributed by atoms with E-state index in [0.717, 1.165) is 6.42 Å². The van der Waals surface area contributed by atoms with E-state index in [9.17, 15) is 5.11 Å². The fourth-order valence-electron chi connectivity index (χ4n) is 0.906. The fourth-order valence-corrected chi connectivity index (χ4v) is 0.906. The van der Waals surface area contributed by atoms with Crippen molar-refractivity contribution in [3.8, 4) is 0 Å². The second-order valence-corrected chi connectivity index (χ2v) is 2.51. The van der Waals surface area contributed by atoms with Gasteiger partial charge in [0.05, 0.1) is 18.0 Å². The Morgan fingerprint density at radius 1 is 1.58 bits per heavy atom. The van der Waals surface area contributed by atoms with Gasteiger partial charge in [-0.3, -0.25) is 9.97 Å². The molecule has 0 saturated heterocycles. The molecule has 1 aromatic rings. The molecule has 0 aliphatic carbocycles. The summed E-state index contributed by atoms with van der Waals surface area (Å²) in [5, 5.41) is 9.50. The fraction of sp³-hybridized carbons (Fsp3) is 0.333. The van der Waals surface area contributed by atoms with Crippen LogP contribution in [-0.2, 0) is 0 Å². The van der Waals surface area contributed by atoms with Crippen molar-refractivity contribution in [2.75, 3.05) is 0 Å². The first-order valence-electron chi connectivity index (χ1n) is 3.89. The van der Waals surface area contributed by atoms with Crippen LogP contribution in [0.4, 0.5) is 0 Å². The van der Waals surface area contributed by atoms with Crippen molar-refractivity contribution in [2.45, 2.75) is 18.9 Å². The largest absolute Gasteiger partial charge is 0.387 e. The molecule has 3 nitrogen and oxygen atoms in total. The molecule has 0 spiro atoms. The highest BCUT2D eigenvalue weighted by Gasteiger charge is 2.06. The molecule has 1 heterocycles. The zero-order chi connectivity index (χ0) is 8.81. The van der Waals surface area contributed by atoms with Gasteiger partial charge in [0, 0.05) is 12.4 Å². The summed E-state index contributed by atoms with van der Waals surface area (Å²) in [7, 11) is 0. The minimum Gasteiger partial charge on any atom is -0.387 e. The maximum Gasteiger partial charge on any atom is 0.0978 e. The van der Waals surface area contributed by atoms with Crippen molar-refractivity contribution in [1.82, 2.24) is 9.97 Å². The Labute approximate surface area is 71.8 Å². The monoisotopic (exact) mass is 164 g/mol. The van der Waals surface area contributed by atoms with E-state index in [1.165, 1.54) is 0 Å². The first-order chi connectivity index (χ1) is 5.84. The smallest absolute Gasteiger partial charge is 0.0978 e. The summed E-state index contributed by atoms with van der Waals surface area (Å²) in [5.74, 6) is 0. The lowest BCUT2D eigenvalue weighted by Crippen LogP contribution is -1.99. The van der Waals surface area contributed by atoms with Crippen molar-refractivity contribution >= 4 is 0 Å². The second kappa shape index (κ2) is 4.62. The van der Waals surface area contributed by atoms with Crippen LogP contribution in [0.5, 0.6) is 0 Å². The summed E-state index contributed by atoms with van der Waals surface area (Å²) in [6, 6.07) is 0. The molecule has 12 heavy (non-hydrogen) atoms. The Hall–Kier alpha value is -1.22. The molecule has 0 amide bonds. The molecule has 0 aliphatic rings. The Bertz CT molecular complexity index is 236. The molecule has 0 radical (unpaired) electrons. The van der Waals surface area contributed by atoms with Gasteiger partial charge in [0.25, 0.3) is 0 Å². The third kappa shape index (κ3) is 2.43. The highest BCUT2D eigenvalue weighted by molar-refractivity contribution is 4.99. The first-order valence-corrected chi connectivity index (χ1v) is 3.89. The van der Waals surface area contributed by atoms with Crippen LogP contribution >= 0.6 is 0 Å². The Morgan fingerprint density at radius 2 is 2.42 bits per heavy atom. The molecule has 1 atom stereocenters. The number of hydrogen-bond donors (Lipinski definition) is 1. The van der Waals surface area contributed by atoms with Gasteiger partial charge in [0.15, 0.2) is 0 Å². The van der Waals surface area contributed by atoms with Crippen molar-refractivity contribution in [3.05, 3.63) is 36.9 Å². The molecule has 1 rings (SSSR count). The topological polar surface area (TPSA) is 46.0 Å². The van der Waals surface area contributed by atoms with E-state index in [4.69, 9.17) is 0 Å². The van der Waals surface area contributed by atoms with E-state index in [1.54, 1.807) is 24.7 Å². The molecule has 0 bridgehead atoms. The predicted octanol–water partition coefficient (Wildman–Crippen LogP) is 1.48. The standard InChI is InChI=1S/C9H12N2O/c1-2-3-4-9(12)8-7-10-5-6-11-8/h2,5-7,9,12H,1,3-4H2. The van der Waals surface area contributed by atoms with E-state index in [-0.39, 0.29) is 0 Å². The molecule has 0 fully saturated rings. The SMILES string of the molecule is C=CCCC(O)c1cnccn1. The van der Waals surface area contributed by atoms with Gasteiger partial charge < -0.3 is 5.11 Å². The van der Waals surface area contributed by atoms with Crippen LogP contribution in [0.15, 0.2) is 31.2 Å². The molecule has 1 N–H and O–H groups in total. The van der Waals surface area contributed by atoms with Gasteiger partial charge in [-0.1, -0.05) is 6.08 Å². The molecule has 0 aliphatic heterocycles. The number of aromatic nitrogens is 2. The zero-order valence-electron chi connectivity index (χ0n) is 6.85. The molecular formula is C9H12N2O. The van der Waals surface area contributed by atoms with Crippen molar-refractivity contribution in [1.29, 1.82) is 0 Å². The summed E-state index contributed by atoms with van der Waals surface area (Å²) in [6.45, 7) is 3.58. The van der Waals surface area contributed by atoms with Crippen molar-refractivity contribution < 1.29 is 5.11 Å². The highest BCUT2D eigenvalue weighted by atomic mass is 16.3. The average molecular weight is 164 g/mol. The summed E-state index contributed by atoms with van der Waals surface area (Å²) >= 11 is 0. The van der Waals surface area contributed by atoms with Gasteiger partial charge in [-0.15, -0.1) is 6.58 Å². The van der Waals surface area contributed by atoms with Crippen LogP contribution < -0.4 is 0 Å². The van der Waals surface area contributed by atoms with Crippen LogP contribution in [0.2, 0.25) is 0 Å². The van der Waals surface area contributed by atoms with Crippen LogP contribution in [0.25, 0.3) is 0 Å².